The fraction of sp³-hybridized carbons (Fsp3) is 0.879. The smallest absolute Gasteiger partial charge is 0.0746 e. The number of unbranched alkanes of at least 4 members (excludes halogenated alkanes) is 2. The van der Waals surface area contributed by atoms with Gasteiger partial charge in [0, 0.05) is 51.7 Å². The molecule has 1 saturated carbocycles. The molecule has 2 rings (SSSR count). The highest BCUT2D eigenvalue weighted by molar-refractivity contribution is 5.30. The molecule has 0 aromatic heterocycles. The SMILES string of the molecule is CCCCCN(C)CCN(C)/C(C)=C(/C=C(\CC)N1CCC[C@@H](OC)C1)C1CCCC(CC)(CC)CC1. The lowest BCUT2D eigenvalue weighted by molar-refractivity contribution is 0.0423. The first-order chi connectivity index (χ1) is 17.8. The molecule has 1 saturated heterocycles. The molecule has 0 radical (unpaired) electrons. The summed E-state index contributed by atoms with van der Waals surface area (Å²) in [6.07, 6.45) is 20.0. The quantitative estimate of drug-likeness (QED) is 0.124. The molecule has 2 fully saturated rings. The molecule has 0 N–H and O–H groups in total. The second-order valence-electron chi connectivity index (χ2n) is 12.2. The second-order valence-corrected chi connectivity index (χ2v) is 12.2. The zero-order chi connectivity index (χ0) is 27.3. The highest BCUT2D eigenvalue weighted by Crippen LogP contribution is 2.44. The molecule has 2 aliphatic rings. The van der Waals surface area contributed by atoms with Crippen LogP contribution >= 0.6 is 0 Å². The Morgan fingerprint density at radius 1 is 0.946 bits per heavy atom. The lowest BCUT2D eigenvalue weighted by Crippen LogP contribution is -2.38. The third-order valence-electron chi connectivity index (χ3n) is 9.98. The van der Waals surface area contributed by atoms with Crippen molar-refractivity contribution in [3.63, 3.8) is 0 Å². The molecule has 4 heteroatoms. The van der Waals surface area contributed by atoms with E-state index < -0.39 is 0 Å². The Labute approximate surface area is 231 Å². The number of hydrogen-bond acceptors (Lipinski definition) is 4. The summed E-state index contributed by atoms with van der Waals surface area (Å²) >= 11 is 0. The number of likely N-dealkylation sites (N-methyl/N-ethyl adjacent to an activating group) is 2. The molecule has 0 spiro atoms. The molecule has 0 aromatic carbocycles. The van der Waals surface area contributed by atoms with Crippen LogP contribution < -0.4 is 0 Å². The van der Waals surface area contributed by atoms with Gasteiger partial charge in [0.1, 0.15) is 0 Å². The van der Waals surface area contributed by atoms with Crippen LogP contribution in [0, 0.1) is 11.3 Å². The lowest BCUT2D eigenvalue weighted by atomic mass is 9.75. The van der Waals surface area contributed by atoms with Crippen LogP contribution in [0.2, 0.25) is 0 Å². The first kappa shape index (κ1) is 32.2. The number of nitrogens with zero attached hydrogens (tertiary/aromatic N) is 3. The average molecular weight is 518 g/mol. The Morgan fingerprint density at radius 2 is 1.70 bits per heavy atom. The molecule has 1 aliphatic heterocycles. The van der Waals surface area contributed by atoms with Crippen molar-refractivity contribution in [2.75, 3.05) is 53.9 Å². The van der Waals surface area contributed by atoms with Crippen molar-refractivity contribution in [2.45, 2.75) is 124 Å². The van der Waals surface area contributed by atoms with E-state index in [0.29, 0.717) is 17.4 Å². The van der Waals surface area contributed by atoms with Gasteiger partial charge in [-0.15, -0.1) is 0 Å². The van der Waals surface area contributed by atoms with E-state index in [9.17, 15) is 0 Å². The topological polar surface area (TPSA) is 19.0 Å². The number of piperidine rings is 1. The van der Waals surface area contributed by atoms with Gasteiger partial charge >= 0.3 is 0 Å². The molecule has 1 unspecified atom stereocenters. The van der Waals surface area contributed by atoms with Crippen molar-refractivity contribution < 1.29 is 4.74 Å². The van der Waals surface area contributed by atoms with E-state index in [1.165, 1.54) is 102 Å². The summed E-state index contributed by atoms with van der Waals surface area (Å²) in [6.45, 7) is 17.6. The van der Waals surface area contributed by atoms with Gasteiger partial charge in [0.05, 0.1) is 6.10 Å². The largest absolute Gasteiger partial charge is 0.380 e. The monoisotopic (exact) mass is 517 g/mol. The molecule has 37 heavy (non-hydrogen) atoms. The van der Waals surface area contributed by atoms with E-state index >= 15 is 0 Å². The lowest BCUT2D eigenvalue weighted by Gasteiger charge is -2.36. The highest BCUT2D eigenvalue weighted by atomic mass is 16.5. The van der Waals surface area contributed by atoms with E-state index in [-0.39, 0.29) is 0 Å². The van der Waals surface area contributed by atoms with Gasteiger partial charge < -0.3 is 19.4 Å². The fourth-order valence-corrected chi connectivity index (χ4v) is 6.70. The third kappa shape index (κ3) is 9.92. The summed E-state index contributed by atoms with van der Waals surface area (Å²) in [5, 5.41) is 0. The fourth-order valence-electron chi connectivity index (χ4n) is 6.70. The molecule has 0 amide bonds. The number of ether oxygens (including phenoxy) is 1. The van der Waals surface area contributed by atoms with Gasteiger partial charge in [0.2, 0.25) is 0 Å². The Morgan fingerprint density at radius 3 is 2.35 bits per heavy atom. The third-order valence-corrected chi connectivity index (χ3v) is 9.98. The van der Waals surface area contributed by atoms with Crippen LogP contribution in [-0.4, -0.2) is 74.7 Å². The van der Waals surface area contributed by atoms with Crippen molar-refractivity contribution >= 4 is 0 Å². The molecule has 0 bridgehead atoms. The zero-order valence-corrected chi connectivity index (χ0v) is 26.2. The van der Waals surface area contributed by atoms with Crippen molar-refractivity contribution in [3.05, 3.63) is 23.0 Å². The van der Waals surface area contributed by atoms with Crippen LogP contribution in [0.1, 0.15) is 118 Å². The molecule has 4 nitrogen and oxygen atoms in total. The van der Waals surface area contributed by atoms with Crippen molar-refractivity contribution in [1.29, 1.82) is 0 Å². The van der Waals surface area contributed by atoms with Crippen LogP contribution in [0.3, 0.4) is 0 Å². The zero-order valence-electron chi connectivity index (χ0n) is 26.2. The molecule has 0 aromatic rings. The summed E-state index contributed by atoms with van der Waals surface area (Å²) in [7, 11) is 6.50. The molecule has 216 valence electrons. The minimum atomic E-state index is 0.371. The minimum Gasteiger partial charge on any atom is -0.380 e. The Hall–Kier alpha value is -1.00. The molecular weight excluding hydrogens is 454 g/mol. The van der Waals surface area contributed by atoms with Crippen molar-refractivity contribution in [3.8, 4) is 0 Å². The molecule has 2 atom stereocenters. The molecule has 1 heterocycles. The number of hydrogen-bond donors (Lipinski definition) is 0. The number of rotatable bonds is 15. The maximum absolute atomic E-state index is 5.78. The van der Waals surface area contributed by atoms with Crippen LogP contribution in [0.5, 0.6) is 0 Å². The second kappa shape index (κ2) is 16.9. The molecule has 1 aliphatic carbocycles. The normalized spacial score (nSPS) is 23.7. The van der Waals surface area contributed by atoms with Gasteiger partial charge in [-0.3, -0.25) is 0 Å². The van der Waals surface area contributed by atoms with Crippen LogP contribution in [0.25, 0.3) is 0 Å². The van der Waals surface area contributed by atoms with Crippen LogP contribution in [0.4, 0.5) is 0 Å². The summed E-state index contributed by atoms with van der Waals surface area (Å²) in [6, 6.07) is 0. The first-order valence-corrected chi connectivity index (χ1v) is 15.9. The van der Waals surface area contributed by atoms with Gasteiger partial charge in [-0.2, -0.15) is 0 Å². The van der Waals surface area contributed by atoms with Gasteiger partial charge in [0.15, 0.2) is 0 Å². The maximum atomic E-state index is 5.78. The summed E-state index contributed by atoms with van der Waals surface area (Å²) < 4.78 is 5.78. The summed E-state index contributed by atoms with van der Waals surface area (Å²) in [4.78, 5) is 7.71. The minimum absolute atomic E-state index is 0.371. The van der Waals surface area contributed by atoms with Gasteiger partial charge in [-0.1, -0.05) is 59.8 Å². The van der Waals surface area contributed by atoms with E-state index in [1.807, 2.05) is 7.11 Å². The van der Waals surface area contributed by atoms with E-state index in [0.717, 1.165) is 26.1 Å². The first-order valence-electron chi connectivity index (χ1n) is 15.9. The highest BCUT2D eigenvalue weighted by Gasteiger charge is 2.32. The predicted molar refractivity (Wildman–Crippen MR) is 162 cm³/mol. The van der Waals surface area contributed by atoms with Gasteiger partial charge in [0.25, 0.3) is 0 Å². The van der Waals surface area contributed by atoms with E-state index in [1.54, 1.807) is 5.57 Å². The van der Waals surface area contributed by atoms with Gasteiger partial charge in [-0.05, 0) is 94.9 Å². The van der Waals surface area contributed by atoms with Gasteiger partial charge in [-0.25, -0.2) is 0 Å². The van der Waals surface area contributed by atoms with E-state index in [4.69, 9.17) is 4.74 Å². The van der Waals surface area contributed by atoms with Crippen LogP contribution in [-0.2, 0) is 4.74 Å². The number of methoxy groups -OCH3 is 1. The summed E-state index contributed by atoms with van der Waals surface area (Å²) in [5.41, 5.74) is 5.20. The number of allylic oxidation sites excluding steroid dienone is 4. The van der Waals surface area contributed by atoms with Crippen LogP contribution in [0.15, 0.2) is 23.0 Å². The Bertz CT molecular complexity index is 696. The predicted octanol–water partition coefficient (Wildman–Crippen LogP) is 8.11. The van der Waals surface area contributed by atoms with Crippen molar-refractivity contribution in [1.82, 2.24) is 14.7 Å². The number of likely N-dealkylation sites (tertiary alicyclic amines) is 1. The Balaban J connectivity index is 2.30. The average Bonchev–Trinajstić information content (AvgIpc) is 3.15. The molecular formula is C33H63N3O. The standard InChI is InChI=1S/C33H63N3O/c1-9-13-14-22-34(6)24-25-35(7)28(5)32(29-17-15-20-33(11-3,12-4)21-19-29)26-30(10-2)36-23-16-18-31(27-36)37-8/h26,29,31H,9-25,27H2,1-8H3/b30-26+,32-28-/t29?,31-/m1/s1. The Kier molecular flexibility index (Phi) is 14.7. The van der Waals surface area contributed by atoms with Crippen molar-refractivity contribution in [2.24, 2.45) is 11.3 Å². The van der Waals surface area contributed by atoms with E-state index in [2.05, 4.69) is 69.5 Å². The maximum Gasteiger partial charge on any atom is 0.0746 e. The summed E-state index contributed by atoms with van der Waals surface area (Å²) in [5.74, 6) is 0.675.